The highest BCUT2D eigenvalue weighted by Gasteiger charge is 2.32. The lowest BCUT2D eigenvalue weighted by atomic mass is 9.93. The van der Waals surface area contributed by atoms with Gasteiger partial charge in [0.15, 0.2) is 0 Å². The van der Waals surface area contributed by atoms with Gasteiger partial charge in [-0.05, 0) is 12.8 Å². The number of unbranched alkanes of at least 4 members (excludes halogenated alkanes) is 4. The lowest BCUT2D eigenvalue weighted by Gasteiger charge is -2.32. The SMILES string of the molecule is CCCCCC1(CCCCC)CNCC(N)CS1. The molecule has 0 amide bonds. The zero-order valence-corrected chi connectivity index (χ0v) is 13.2. The zero-order valence-electron chi connectivity index (χ0n) is 12.3. The molecule has 3 heteroatoms. The molecule has 1 saturated heterocycles. The molecule has 1 aliphatic rings. The molecule has 0 saturated carbocycles. The van der Waals surface area contributed by atoms with Crippen LogP contribution in [0, 0.1) is 0 Å². The molecule has 1 heterocycles. The van der Waals surface area contributed by atoms with Gasteiger partial charge in [0.2, 0.25) is 0 Å². The second-order valence-corrected chi connectivity index (χ2v) is 7.29. The van der Waals surface area contributed by atoms with Crippen molar-refractivity contribution >= 4 is 11.8 Å². The molecule has 1 fully saturated rings. The van der Waals surface area contributed by atoms with Crippen LogP contribution in [-0.2, 0) is 0 Å². The largest absolute Gasteiger partial charge is 0.326 e. The van der Waals surface area contributed by atoms with E-state index in [1.165, 1.54) is 57.9 Å². The molecule has 2 nitrogen and oxygen atoms in total. The third-order valence-corrected chi connectivity index (χ3v) is 5.69. The third-order valence-electron chi connectivity index (χ3n) is 3.93. The molecule has 108 valence electrons. The van der Waals surface area contributed by atoms with E-state index in [1.807, 2.05) is 0 Å². The van der Waals surface area contributed by atoms with Crippen molar-refractivity contribution in [2.24, 2.45) is 5.73 Å². The van der Waals surface area contributed by atoms with Crippen LogP contribution in [0.5, 0.6) is 0 Å². The van der Waals surface area contributed by atoms with Crippen LogP contribution in [0.25, 0.3) is 0 Å². The molecule has 1 aliphatic heterocycles. The Hall–Kier alpha value is 0.270. The van der Waals surface area contributed by atoms with Crippen LogP contribution >= 0.6 is 11.8 Å². The molecular weight excluding hydrogens is 240 g/mol. The first-order chi connectivity index (χ1) is 8.72. The van der Waals surface area contributed by atoms with E-state index in [1.54, 1.807) is 0 Å². The second-order valence-electron chi connectivity index (χ2n) is 5.80. The maximum atomic E-state index is 6.08. The lowest BCUT2D eigenvalue weighted by Crippen LogP contribution is -2.38. The number of thioether (sulfide) groups is 1. The lowest BCUT2D eigenvalue weighted by molar-refractivity contribution is 0.430. The van der Waals surface area contributed by atoms with Crippen molar-refractivity contribution in [1.29, 1.82) is 0 Å². The van der Waals surface area contributed by atoms with E-state index in [9.17, 15) is 0 Å². The summed E-state index contributed by atoms with van der Waals surface area (Å²) in [5, 5.41) is 3.60. The minimum Gasteiger partial charge on any atom is -0.326 e. The summed E-state index contributed by atoms with van der Waals surface area (Å²) in [6.45, 7) is 6.74. The number of hydrogen-bond donors (Lipinski definition) is 2. The van der Waals surface area contributed by atoms with Gasteiger partial charge in [0.1, 0.15) is 0 Å². The molecule has 0 radical (unpaired) electrons. The quantitative estimate of drug-likeness (QED) is 0.664. The molecule has 1 unspecified atom stereocenters. The second kappa shape index (κ2) is 9.22. The van der Waals surface area contributed by atoms with Crippen LogP contribution < -0.4 is 11.1 Å². The average molecular weight is 273 g/mol. The first-order valence-electron chi connectivity index (χ1n) is 7.82. The van der Waals surface area contributed by atoms with E-state index in [4.69, 9.17) is 5.73 Å². The predicted molar refractivity (Wildman–Crippen MR) is 84.3 cm³/mol. The Morgan fingerprint density at radius 3 is 2.28 bits per heavy atom. The fourth-order valence-corrected chi connectivity index (χ4v) is 4.19. The number of nitrogens with one attached hydrogen (secondary N) is 1. The van der Waals surface area contributed by atoms with Gasteiger partial charge < -0.3 is 11.1 Å². The van der Waals surface area contributed by atoms with Crippen molar-refractivity contribution in [3.8, 4) is 0 Å². The van der Waals surface area contributed by atoms with Crippen LogP contribution in [0.1, 0.15) is 65.2 Å². The van der Waals surface area contributed by atoms with Gasteiger partial charge in [0.05, 0.1) is 0 Å². The van der Waals surface area contributed by atoms with E-state index in [0.717, 1.165) is 12.3 Å². The fraction of sp³-hybridized carbons (Fsp3) is 1.00. The molecule has 0 bridgehead atoms. The number of nitrogens with two attached hydrogens (primary N) is 1. The summed E-state index contributed by atoms with van der Waals surface area (Å²) in [5.41, 5.74) is 6.08. The molecule has 0 aliphatic carbocycles. The Morgan fingerprint density at radius 2 is 1.72 bits per heavy atom. The van der Waals surface area contributed by atoms with Crippen molar-refractivity contribution in [2.45, 2.75) is 76.0 Å². The summed E-state index contributed by atoms with van der Waals surface area (Å²) in [6, 6.07) is 0.342. The summed E-state index contributed by atoms with van der Waals surface area (Å²) in [7, 11) is 0. The molecule has 18 heavy (non-hydrogen) atoms. The van der Waals surface area contributed by atoms with E-state index in [2.05, 4.69) is 30.9 Å². The molecular formula is C15H32N2S. The van der Waals surface area contributed by atoms with Gasteiger partial charge >= 0.3 is 0 Å². The van der Waals surface area contributed by atoms with Crippen LogP contribution in [0.15, 0.2) is 0 Å². The smallest absolute Gasteiger partial charge is 0.0285 e. The number of hydrogen-bond acceptors (Lipinski definition) is 3. The van der Waals surface area contributed by atoms with E-state index >= 15 is 0 Å². The van der Waals surface area contributed by atoms with Gasteiger partial charge in [-0.15, -0.1) is 0 Å². The van der Waals surface area contributed by atoms with Crippen molar-refractivity contribution in [3.05, 3.63) is 0 Å². The predicted octanol–water partition coefficient (Wildman–Crippen LogP) is 3.55. The summed E-state index contributed by atoms with van der Waals surface area (Å²) in [5.74, 6) is 1.13. The summed E-state index contributed by atoms with van der Waals surface area (Å²) < 4.78 is 0.471. The Morgan fingerprint density at radius 1 is 1.11 bits per heavy atom. The highest BCUT2D eigenvalue weighted by Crippen LogP contribution is 2.37. The molecule has 0 aromatic heterocycles. The summed E-state index contributed by atoms with van der Waals surface area (Å²) in [6.07, 6.45) is 10.9. The average Bonchev–Trinajstić information content (AvgIpc) is 2.54. The standard InChI is InChI=1S/C15H32N2S/c1-3-5-7-9-15(10-8-6-4-2)13-17-11-14(16)12-18-15/h14,17H,3-13,16H2,1-2H3. The van der Waals surface area contributed by atoms with Crippen molar-refractivity contribution in [3.63, 3.8) is 0 Å². The molecule has 1 atom stereocenters. The van der Waals surface area contributed by atoms with Crippen molar-refractivity contribution in [1.82, 2.24) is 5.32 Å². The molecule has 0 aromatic rings. The van der Waals surface area contributed by atoms with E-state index < -0.39 is 0 Å². The van der Waals surface area contributed by atoms with Gasteiger partial charge in [-0.2, -0.15) is 11.8 Å². The Balaban J connectivity index is 2.48. The normalized spacial score (nSPS) is 23.8. The van der Waals surface area contributed by atoms with Crippen molar-refractivity contribution < 1.29 is 0 Å². The maximum Gasteiger partial charge on any atom is 0.0285 e. The van der Waals surface area contributed by atoms with E-state index in [0.29, 0.717) is 10.8 Å². The van der Waals surface area contributed by atoms with Gasteiger partial charge in [-0.3, -0.25) is 0 Å². The van der Waals surface area contributed by atoms with Gasteiger partial charge in [0, 0.05) is 29.6 Å². The Labute approximate surface area is 118 Å². The third kappa shape index (κ3) is 5.94. The number of rotatable bonds is 8. The van der Waals surface area contributed by atoms with Crippen LogP contribution in [-0.4, -0.2) is 29.6 Å². The maximum absolute atomic E-state index is 6.08. The van der Waals surface area contributed by atoms with E-state index in [-0.39, 0.29) is 0 Å². The van der Waals surface area contributed by atoms with Crippen LogP contribution in [0.2, 0.25) is 0 Å². The Kier molecular flexibility index (Phi) is 8.36. The molecule has 0 spiro atoms. The molecule has 3 N–H and O–H groups in total. The van der Waals surface area contributed by atoms with Gasteiger partial charge in [0.25, 0.3) is 0 Å². The van der Waals surface area contributed by atoms with Crippen LogP contribution in [0.4, 0.5) is 0 Å². The summed E-state index contributed by atoms with van der Waals surface area (Å²) >= 11 is 2.15. The minimum absolute atomic E-state index is 0.342. The molecule has 1 rings (SSSR count). The zero-order chi connectivity index (χ0) is 13.3. The first-order valence-corrected chi connectivity index (χ1v) is 8.81. The molecule has 0 aromatic carbocycles. The Bertz CT molecular complexity index is 199. The topological polar surface area (TPSA) is 38.0 Å². The first kappa shape index (κ1) is 16.3. The summed E-state index contributed by atoms with van der Waals surface area (Å²) in [4.78, 5) is 0. The highest BCUT2D eigenvalue weighted by molar-refractivity contribution is 8.00. The van der Waals surface area contributed by atoms with Gasteiger partial charge in [-0.25, -0.2) is 0 Å². The minimum atomic E-state index is 0.342. The van der Waals surface area contributed by atoms with Crippen LogP contribution in [0.3, 0.4) is 0 Å². The van der Waals surface area contributed by atoms with Crippen molar-refractivity contribution in [2.75, 3.05) is 18.8 Å². The monoisotopic (exact) mass is 272 g/mol. The highest BCUT2D eigenvalue weighted by atomic mass is 32.2. The fourth-order valence-electron chi connectivity index (χ4n) is 2.72. The van der Waals surface area contributed by atoms with Gasteiger partial charge in [-0.1, -0.05) is 52.4 Å².